The molecule has 0 heterocycles. The number of nitrogens with two attached hydrogens (primary N) is 1. The Hall–Kier alpha value is -1.10. The third kappa shape index (κ3) is 4.82. The van der Waals surface area contributed by atoms with E-state index in [0.717, 1.165) is 38.5 Å². The van der Waals surface area contributed by atoms with Crippen LogP contribution in [0.25, 0.3) is 0 Å². The second kappa shape index (κ2) is 8.15. The van der Waals surface area contributed by atoms with Crippen LogP contribution in [0.2, 0.25) is 0 Å². The molecule has 0 aliphatic heterocycles. The van der Waals surface area contributed by atoms with Gasteiger partial charge >= 0.3 is 5.97 Å². The quantitative estimate of drug-likeness (QED) is 0.604. The van der Waals surface area contributed by atoms with Gasteiger partial charge in [0.05, 0.1) is 13.0 Å². The zero-order chi connectivity index (χ0) is 14.3. The van der Waals surface area contributed by atoms with Crippen molar-refractivity contribution in [1.29, 1.82) is 0 Å². The highest BCUT2D eigenvalue weighted by molar-refractivity contribution is 5.84. The second-order valence-corrected chi connectivity index (χ2v) is 5.24. The van der Waals surface area contributed by atoms with E-state index in [4.69, 9.17) is 5.73 Å². The molecule has 1 aliphatic rings. The number of rotatable bonds is 5. The molecule has 0 spiro atoms. The van der Waals surface area contributed by atoms with Crippen LogP contribution in [-0.4, -0.2) is 43.0 Å². The van der Waals surface area contributed by atoms with Crippen molar-refractivity contribution >= 4 is 11.9 Å². The zero-order valence-corrected chi connectivity index (χ0v) is 12.1. The summed E-state index contributed by atoms with van der Waals surface area (Å²) in [5.41, 5.74) is 6.11. The van der Waals surface area contributed by atoms with E-state index in [9.17, 15) is 9.59 Å². The number of nitrogens with zero attached hydrogens (tertiary/aromatic N) is 1. The molecule has 0 bridgehead atoms. The summed E-state index contributed by atoms with van der Waals surface area (Å²) in [5, 5.41) is 0. The van der Waals surface area contributed by atoms with E-state index in [1.807, 2.05) is 6.92 Å². The van der Waals surface area contributed by atoms with Gasteiger partial charge in [-0.15, -0.1) is 0 Å². The van der Waals surface area contributed by atoms with Crippen molar-refractivity contribution < 1.29 is 14.3 Å². The van der Waals surface area contributed by atoms with Gasteiger partial charge in [0.25, 0.3) is 0 Å². The molecule has 0 aromatic carbocycles. The Balaban J connectivity index is 2.70. The van der Waals surface area contributed by atoms with Crippen molar-refractivity contribution in [3.8, 4) is 0 Å². The summed E-state index contributed by atoms with van der Waals surface area (Å²) >= 11 is 0. The van der Waals surface area contributed by atoms with Gasteiger partial charge in [-0.25, -0.2) is 0 Å². The lowest BCUT2D eigenvalue weighted by molar-refractivity contribution is -0.149. The van der Waals surface area contributed by atoms with Crippen LogP contribution >= 0.6 is 0 Å². The van der Waals surface area contributed by atoms with Crippen molar-refractivity contribution in [2.45, 2.75) is 51.5 Å². The maximum absolute atomic E-state index is 12.5. The first-order valence-corrected chi connectivity index (χ1v) is 7.21. The largest absolute Gasteiger partial charge is 0.468 e. The number of hydrogen-bond donors (Lipinski definition) is 1. The topological polar surface area (TPSA) is 72.6 Å². The number of carbonyl (C=O) groups excluding carboxylic acids is 2. The lowest BCUT2D eigenvalue weighted by atomic mass is 9.94. The van der Waals surface area contributed by atoms with Gasteiger partial charge in [-0.2, -0.15) is 0 Å². The normalized spacial score (nSPS) is 23.5. The summed E-state index contributed by atoms with van der Waals surface area (Å²) in [7, 11) is 1.34. The molecule has 5 heteroatoms. The van der Waals surface area contributed by atoms with Gasteiger partial charge in [-0.1, -0.05) is 26.2 Å². The Morgan fingerprint density at radius 3 is 2.58 bits per heavy atom. The molecule has 0 radical (unpaired) electrons. The number of esters is 1. The van der Waals surface area contributed by atoms with Gasteiger partial charge in [-0.05, 0) is 19.3 Å². The summed E-state index contributed by atoms with van der Waals surface area (Å²) < 4.78 is 4.65. The number of amides is 1. The van der Waals surface area contributed by atoms with Gasteiger partial charge < -0.3 is 15.4 Å². The number of carbonyl (C=O) groups is 2. The molecular weight excluding hydrogens is 244 g/mol. The first-order valence-electron chi connectivity index (χ1n) is 7.21. The highest BCUT2D eigenvalue weighted by Gasteiger charge is 2.31. The molecule has 1 rings (SSSR count). The molecule has 19 heavy (non-hydrogen) atoms. The summed E-state index contributed by atoms with van der Waals surface area (Å²) in [6, 6.07) is -0.0768. The third-order valence-corrected chi connectivity index (χ3v) is 3.74. The fourth-order valence-electron chi connectivity index (χ4n) is 2.63. The van der Waals surface area contributed by atoms with E-state index in [1.54, 1.807) is 4.90 Å². The van der Waals surface area contributed by atoms with Crippen molar-refractivity contribution in [3.63, 3.8) is 0 Å². The minimum absolute atomic E-state index is 0.0154. The van der Waals surface area contributed by atoms with Crippen molar-refractivity contribution in [2.24, 2.45) is 11.7 Å². The van der Waals surface area contributed by atoms with E-state index in [0.29, 0.717) is 6.54 Å². The predicted molar refractivity (Wildman–Crippen MR) is 73.4 cm³/mol. The maximum atomic E-state index is 12.5. The minimum Gasteiger partial charge on any atom is -0.468 e. The average Bonchev–Trinajstić information content (AvgIpc) is 2.62. The number of methoxy groups -OCH3 is 1. The van der Waals surface area contributed by atoms with Crippen LogP contribution in [0.3, 0.4) is 0 Å². The van der Waals surface area contributed by atoms with E-state index in [2.05, 4.69) is 4.74 Å². The lowest BCUT2D eigenvalue weighted by Crippen LogP contribution is -2.46. The standard InChI is InChI=1S/C14H26N2O3/c1-3-9-16(10-13(17)19-2)14(18)11-7-5-4-6-8-12(11)15/h11-12H,3-10,15H2,1-2H3. The zero-order valence-electron chi connectivity index (χ0n) is 12.1. The molecule has 2 atom stereocenters. The molecule has 0 saturated heterocycles. The summed E-state index contributed by atoms with van der Waals surface area (Å²) in [4.78, 5) is 25.5. The third-order valence-electron chi connectivity index (χ3n) is 3.74. The molecule has 1 amide bonds. The maximum Gasteiger partial charge on any atom is 0.325 e. The average molecular weight is 270 g/mol. The Morgan fingerprint density at radius 1 is 1.26 bits per heavy atom. The fraction of sp³-hybridized carbons (Fsp3) is 0.857. The number of hydrogen-bond acceptors (Lipinski definition) is 4. The highest BCUT2D eigenvalue weighted by Crippen LogP contribution is 2.24. The molecule has 2 unspecified atom stereocenters. The predicted octanol–water partition coefficient (Wildman–Crippen LogP) is 1.31. The van der Waals surface area contributed by atoms with Crippen molar-refractivity contribution in [3.05, 3.63) is 0 Å². The molecule has 1 aliphatic carbocycles. The first-order chi connectivity index (χ1) is 9.10. The Kier molecular flexibility index (Phi) is 6.84. The molecule has 2 N–H and O–H groups in total. The first kappa shape index (κ1) is 16.0. The van der Waals surface area contributed by atoms with Crippen LogP contribution in [0.1, 0.15) is 45.4 Å². The van der Waals surface area contributed by atoms with E-state index < -0.39 is 0 Å². The molecule has 110 valence electrons. The van der Waals surface area contributed by atoms with Crippen molar-refractivity contribution in [1.82, 2.24) is 4.90 Å². The van der Waals surface area contributed by atoms with Gasteiger partial charge in [0.15, 0.2) is 0 Å². The van der Waals surface area contributed by atoms with Crippen LogP contribution in [0, 0.1) is 5.92 Å². The number of ether oxygens (including phenoxy) is 1. The van der Waals surface area contributed by atoms with Crippen LogP contribution in [0.15, 0.2) is 0 Å². The van der Waals surface area contributed by atoms with Gasteiger partial charge in [0.2, 0.25) is 5.91 Å². The molecular formula is C14H26N2O3. The monoisotopic (exact) mass is 270 g/mol. The molecule has 1 fully saturated rings. The van der Waals surface area contributed by atoms with Gasteiger partial charge in [0, 0.05) is 12.6 Å². The second-order valence-electron chi connectivity index (χ2n) is 5.24. The summed E-state index contributed by atoms with van der Waals surface area (Å²) in [6.07, 6.45) is 5.83. The van der Waals surface area contributed by atoms with Gasteiger partial charge in [0.1, 0.15) is 6.54 Å². The molecule has 1 saturated carbocycles. The molecule has 0 aromatic rings. The SMILES string of the molecule is CCCN(CC(=O)OC)C(=O)C1CCCCCC1N. The summed E-state index contributed by atoms with van der Waals surface area (Å²) in [5.74, 6) is -0.496. The Bertz CT molecular complexity index is 307. The molecule has 0 aromatic heterocycles. The van der Waals surface area contributed by atoms with Crippen LogP contribution in [-0.2, 0) is 14.3 Å². The van der Waals surface area contributed by atoms with Crippen LogP contribution in [0.5, 0.6) is 0 Å². The Labute approximate surface area is 115 Å². The molecule has 5 nitrogen and oxygen atoms in total. The van der Waals surface area contributed by atoms with Gasteiger partial charge in [-0.3, -0.25) is 9.59 Å². The van der Waals surface area contributed by atoms with Crippen LogP contribution < -0.4 is 5.73 Å². The smallest absolute Gasteiger partial charge is 0.325 e. The minimum atomic E-state index is -0.371. The Morgan fingerprint density at radius 2 is 1.95 bits per heavy atom. The van der Waals surface area contributed by atoms with E-state index >= 15 is 0 Å². The highest BCUT2D eigenvalue weighted by atomic mass is 16.5. The van der Waals surface area contributed by atoms with E-state index in [1.165, 1.54) is 7.11 Å². The van der Waals surface area contributed by atoms with Crippen LogP contribution in [0.4, 0.5) is 0 Å². The van der Waals surface area contributed by atoms with Crippen molar-refractivity contribution in [2.75, 3.05) is 20.2 Å². The fourth-order valence-corrected chi connectivity index (χ4v) is 2.63. The summed E-state index contributed by atoms with van der Waals surface area (Å²) in [6.45, 7) is 2.61. The van der Waals surface area contributed by atoms with E-state index in [-0.39, 0.29) is 30.4 Å². The lowest BCUT2D eigenvalue weighted by Gasteiger charge is -2.28.